The van der Waals surface area contributed by atoms with Crippen molar-refractivity contribution in [2.75, 3.05) is 41.7 Å². The van der Waals surface area contributed by atoms with Crippen LogP contribution in [-0.4, -0.2) is 78.4 Å². The van der Waals surface area contributed by atoms with Crippen molar-refractivity contribution < 1.29 is 24.6 Å². The van der Waals surface area contributed by atoms with Crippen LogP contribution in [0.2, 0.25) is 0 Å². The van der Waals surface area contributed by atoms with Crippen LogP contribution in [0.5, 0.6) is 11.6 Å². The van der Waals surface area contributed by atoms with Gasteiger partial charge in [-0.3, -0.25) is 15.4 Å². The second-order valence-electron chi connectivity index (χ2n) is 11.4. The third-order valence-corrected chi connectivity index (χ3v) is 8.12. The SMILES string of the molecule is Cc1cc(C)nc(NC2CCC(Oc3nc(N4CCOCC4)cc4ncc(OC(C)c5cnc(N(O)O)n5C)cc34)CC2)n1. The Hall–Kier alpha value is -4.27. The van der Waals surface area contributed by atoms with E-state index in [0.717, 1.165) is 66.9 Å². The first-order valence-corrected chi connectivity index (χ1v) is 15.0. The predicted molar refractivity (Wildman–Crippen MR) is 163 cm³/mol. The van der Waals surface area contributed by atoms with Crippen molar-refractivity contribution in [1.29, 1.82) is 0 Å². The maximum atomic E-state index is 9.40. The summed E-state index contributed by atoms with van der Waals surface area (Å²) in [6, 6.07) is 6.13. The van der Waals surface area contributed by atoms with Gasteiger partial charge in [0.05, 0.1) is 42.2 Å². The van der Waals surface area contributed by atoms with Gasteiger partial charge in [-0.1, -0.05) is 5.23 Å². The zero-order valence-corrected chi connectivity index (χ0v) is 25.5. The second kappa shape index (κ2) is 12.8. The zero-order chi connectivity index (χ0) is 30.8. The van der Waals surface area contributed by atoms with Gasteiger partial charge in [-0.05, 0) is 58.6 Å². The summed E-state index contributed by atoms with van der Waals surface area (Å²) in [5.41, 5.74) is 3.32. The van der Waals surface area contributed by atoms with Crippen molar-refractivity contribution in [2.24, 2.45) is 7.05 Å². The Balaban J connectivity index is 1.21. The summed E-state index contributed by atoms with van der Waals surface area (Å²) < 4.78 is 20.0. The van der Waals surface area contributed by atoms with E-state index in [-0.39, 0.29) is 23.3 Å². The molecule has 0 radical (unpaired) electrons. The molecule has 5 heterocycles. The van der Waals surface area contributed by atoms with Crippen LogP contribution in [0.4, 0.5) is 17.7 Å². The van der Waals surface area contributed by atoms with Gasteiger partial charge in [0, 0.05) is 43.6 Å². The van der Waals surface area contributed by atoms with Gasteiger partial charge in [-0.25, -0.2) is 15.0 Å². The Morgan fingerprint density at radius 2 is 1.70 bits per heavy atom. The van der Waals surface area contributed by atoms with Crippen LogP contribution in [0, 0.1) is 13.8 Å². The summed E-state index contributed by atoms with van der Waals surface area (Å²) in [4.78, 5) is 25.0. The molecule has 2 fully saturated rings. The number of hydrogen-bond acceptors (Lipinski definition) is 13. The summed E-state index contributed by atoms with van der Waals surface area (Å²) >= 11 is 0. The number of ether oxygens (including phenoxy) is 3. The average Bonchev–Trinajstić information content (AvgIpc) is 3.40. The highest BCUT2D eigenvalue weighted by Crippen LogP contribution is 2.34. The fraction of sp³-hybridized carbons (Fsp3) is 0.500. The molecule has 0 spiro atoms. The number of aryl methyl sites for hydroxylation is 2. The first-order chi connectivity index (χ1) is 21.2. The van der Waals surface area contributed by atoms with Gasteiger partial charge in [0.1, 0.15) is 23.8 Å². The first kappa shape index (κ1) is 29.8. The molecule has 6 rings (SSSR count). The van der Waals surface area contributed by atoms with Crippen molar-refractivity contribution >= 4 is 28.6 Å². The van der Waals surface area contributed by atoms with E-state index in [1.54, 1.807) is 17.8 Å². The van der Waals surface area contributed by atoms with Gasteiger partial charge in [-0.2, -0.15) is 4.98 Å². The highest BCUT2D eigenvalue weighted by molar-refractivity contribution is 5.87. The number of morpholine rings is 1. The molecule has 1 saturated heterocycles. The van der Waals surface area contributed by atoms with E-state index in [1.807, 2.05) is 39.0 Å². The molecule has 1 aliphatic heterocycles. The monoisotopic (exact) mass is 605 g/mol. The Morgan fingerprint density at radius 1 is 0.977 bits per heavy atom. The fourth-order valence-corrected chi connectivity index (χ4v) is 5.87. The molecule has 4 aromatic rings. The van der Waals surface area contributed by atoms with E-state index in [1.165, 1.54) is 6.20 Å². The van der Waals surface area contributed by atoms with Gasteiger partial charge < -0.3 is 29.0 Å². The molecule has 1 saturated carbocycles. The number of nitrogens with one attached hydrogen (secondary N) is 1. The summed E-state index contributed by atoms with van der Waals surface area (Å²) in [5, 5.41) is 23.1. The van der Waals surface area contributed by atoms with Crippen LogP contribution < -0.4 is 24.9 Å². The molecule has 1 atom stereocenters. The van der Waals surface area contributed by atoms with Crippen LogP contribution in [0.3, 0.4) is 0 Å². The minimum absolute atomic E-state index is 0.000115. The molecule has 14 nitrogen and oxygen atoms in total. The average molecular weight is 606 g/mol. The molecule has 44 heavy (non-hydrogen) atoms. The molecule has 14 heteroatoms. The molecule has 3 N–H and O–H groups in total. The molecule has 2 aliphatic rings. The molecule has 234 valence electrons. The number of anilines is 3. The number of pyridine rings is 2. The van der Waals surface area contributed by atoms with Gasteiger partial charge >= 0.3 is 0 Å². The van der Waals surface area contributed by atoms with Crippen molar-refractivity contribution in [1.82, 2.24) is 29.5 Å². The van der Waals surface area contributed by atoms with Gasteiger partial charge in [0.15, 0.2) is 0 Å². The molecule has 0 bridgehead atoms. The highest BCUT2D eigenvalue weighted by atomic mass is 16.8. The topological polar surface area (TPSA) is 156 Å². The minimum atomic E-state index is -0.450. The molecule has 1 aliphatic carbocycles. The number of imidazole rings is 1. The number of fused-ring (bicyclic) bond motifs is 1. The third-order valence-electron chi connectivity index (χ3n) is 8.12. The molecular formula is C30H39N9O5. The Bertz CT molecular complexity index is 1580. The maximum Gasteiger partial charge on any atom is 0.257 e. The Morgan fingerprint density at radius 3 is 2.39 bits per heavy atom. The van der Waals surface area contributed by atoms with E-state index in [9.17, 15) is 10.4 Å². The molecule has 4 aromatic heterocycles. The van der Waals surface area contributed by atoms with Crippen LogP contribution >= 0.6 is 0 Å². The van der Waals surface area contributed by atoms with E-state index < -0.39 is 6.10 Å². The van der Waals surface area contributed by atoms with Crippen molar-refractivity contribution in [3.05, 3.63) is 47.7 Å². The van der Waals surface area contributed by atoms with Crippen LogP contribution in [-0.2, 0) is 11.8 Å². The largest absolute Gasteiger partial charge is 0.483 e. The Kier molecular flexibility index (Phi) is 8.64. The molecule has 0 amide bonds. The Labute approximate surface area is 255 Å². The number of rotatable bonds is 9. The quantitative estimate of drug-likeness (QED) is 0.234. The van der Waals surface area contributed by atoms with Gasteiger partial charge in [0.25, 0.3) is 5.95 Å². The van der Waals surface area contributed by atoms with Gasteiger partial charge in [0.2, 0.25) is 11.8 Å². The van der Waals surface area contributed by atoms with Crippen molar-refractivity contribution in [2.45, 2.75) is 64.7 Å². The predicted octanol–water partition coefficient (Wildman–Crippen LogP) is 4.13. The fourth-order valence-electron chi connectivity index (χ4n) is 5.87. The smallest absolute Gasteiger partial charge is 0.257 e. The second-order valence-corrected chi connectivity index (χ2v) is 11.4. The normalized spacial score (nSPS) is 19.5. The summed E-state index contributed by atoms with van der Waals surface area (Å²) in [5.74, 6) is 2.53. The highest BCUT2D eigenvalue weighted by Gasteiger charge is 2.26. The summed E-state index contributed by atoms with van der Waals surface area (Å²) in [6.07, 6.45) is 6.35. The lowest BCUT2D eigenvalue weighted by Gasteiger charge is -2.31. The zero-order valence-electron chi connectivity index (χ0n) is 25.5. The van der Waals surface area contributed by atoms with E-state index >= 15 is 0 Å². The van der Waals surface area contributed by atoms with Crippen molar-refractivity contribution in [3.63, 3.8) is 0 Å². The molecular weight excluding hydrogens is 566 g/mol. The van der Waals surface area contributed by atoms with E-state index in [0.29, 0.717) is 36.5 Å². The first-order valence-electron chi connectivity index (χ1n) is 15.0. The number of hydrogen-bond donors (Lipinski definition) is 3. The summed E-state index contributed by atoms with van der Waals surface area (Å²) in [7, 11) is 1.68. The number of aromatic nitrogens is 6. The van der Waals surface area contributed by atoms with Crippen LogP contribution in [0.1, 0.15) is 55.8 Å². The van der Waals surface area contributed by atoms with Crippen molar-refractivity contribution in [3.8, 4) is 11.6 Å². The van der Waals surface area contributed by atoms with Crippen LogP contribution in [0.25, 0.3) is 10.9 Å². The van der Waals surface area contributed by atoms with Crippen LogP contribution in [0.15, 0.2) is 30.6 Å². The molecule has 1 unspecified atom stereocenters. The molecule has 0 aromatic carbocycles. The van der Waals surface area contributed by atoms with Gasteiger partial charge in [-0.15, -0.1) is 0 Å². The maximum absolute atomic E-state index is 9.40. The van der Waals surface area contributed by atoms with E-state index in [2.05, 4.69) is 25.2 Å². The lowest BCUT2D eigenvalue weighted by atomic mass is 9.93. The summed E-state index contributed by atoms with van der Waals surface area (Å²) in [6.45, 7) is 8.61. The van der Waals surface area contributed by atoms with E-state index in [4.69, 9.17) is 24.2 Å². The lowest BCUT2D eigenvalue weighted by molar-refractivity contribution is 0.0226. The third kappa shape index (κ3) is 6.61. The standard InChI is InChI=1S/C30H39N9O5/c1-18-13-19(2)34-29(33-18)35-21-5-7-22(8-6-21)44-28-24-14-23(43-20(3)26-17-32-30(37(26)4)39(40)41)16-31-25(24)15-27(36-28)38-9-11-42-12-10-38/h13-17,20-22,40-41H,5-12H2,1-4H3,(H,33,34,35). The minimum Gasteiger partial charge on any atom is -0.483 e. The lowest BCUT2D eigenvalue weighted by Crippen LogP contribution is -2.37. The number of nitrogens with zero attached hydrogens (tertiary/aromatic N) is 8.